The molecule has 0 fully saturated rings. The molecule has 1 amide bonds. The quantitative estimate of drug-likeness (QED) is 0.700. The number of hydrogen-bond donors (Lipinski definition) is 3. The Balaban J connectivity index is 2.38. The van der Waals surface area contributed by atoms with Crippen LogP contribution in [0.15, 0.2) is 6.07 Å². The number of nitrogens with one attached hydrogen (secondary N) is 2. The molecule has 0 radical (unpaired) electrons. The van der Waals surface area contributed by atoms with Crippen LogP contribution in [0.4, 0.5) is 0 Å². The van der Waals surface area contributed by atoms with E-state index in [0.717, 1.165) is 11.3 Å². The molecule has 3 N–H and O–H groups in total. The molecule has 1 aliphatic rings. The smallest absolute Gasteiger partial charge is 0.224 e. The number of aromatic hydroxyl groups is 1. The van der Waals surface area contributed by atoms with Gasteiger partial charge in [-0.3, -0.25) is 4.79 Å². The first kappa shape index (κ1) is 12.6. The van der Waals surface area contributed by atoms with Crippen molar-refractivity contribution < 1.29 is 9.90 Å². The summed E-state index contributed by atoms with van der Waals surface area (Å²) in [5.74, 6) is 0.115. The zero-order valence-electron chi connectivity index (χ0n) is 10.2. The minimum Gasteiger partial charge on any atom is -0.507 e. The summed E-state index contributed by atoms with van der Waals surface area (Å²) in [4.78, 5) is 14.9. The Bertz CT molecular complexity index is 694. The Morgan fingerprint density at radius 1 is 1.42 bits per heavy atom. The average Bonchev–Trinajstić information content (AvgIpc) is 2.67. The van der Waals surface area contributed by atoms with E-state index in [1.165, 1.54) is 6.07 Å². The topological polar surface area (TPSA) is 65.1 Å². The van der Waals surface area contributed by atoms with Crippen LogP contribution in [0.25, 0.3) is 10.9 Å². The highest BCUT2D eigenvalue weighted by Crippen LogP contribution is 2.41. The monoisotopic (exact) mass is 298 g/mol. The normalized spacial score (nSPS) is 19.1. The Hall–Kier alpha value is -1.39. The van der Waals surface area contributed by atoms with E-state index in [4.69, 9.17) is 23.2 Å². The van der Waals surface area contributed by atoms with E-state index in [9.17, 15) is 9.90 Å². The van der Waals surface area contributed by atoms with Crippen LogP contribution >= 0.6 is 23.2 Å². The maximum atomic E-state index is 11.7. The highest BCUT2D eigenvalue weighted by molar-refractivity contribution is 6.45. The molecule has 19 heavy (non-hydrogen) atoms. The van der Waals surface area contributed by atoms with E-state index in [2.05, 4.69) is 10.3 Å². The Kier molecular flexibility index (Phi) is 2.87. The van der Waals surface area contributed by atoms with Crippen LogP contribution in [0.2, 0.25) is 10.0 Å². The van der Waals surface area contributed by atoms with E-state index < -0.39 is 0 Å². The summed E-state index contributed by atoms with van der Waals surface area (Å²) in [6, 6.07) is 1.41. The van der Waals surface area contributed by atoms with Crippen molar-refractivity contribution in [2.75, 3.05) is 6.54 Å². The Morgan fingerprint density at radius 3 is 2.89 bits per heavy atom. The van der Waals surface area contributed by atoms with Crippen LogP contribution in [0.5, 0.6) is 5.75 Å². The van der Waals surface area contributed by atoms with Crippen molar-refractivity contribution in [2.45, 2.75) is 19.3 Å². The highest BCUT2D eigenvalue weighted by Gasteiger charge is 2.26. The average molecular weight is 299 g/mol. The second-order valence-electron chi connectivity index (χ2n) is 4.84. The fourth-order valence-corrected chi connectivity index (χ4v) is 2.97. The van der Waals surface area contributed by atoms with Gasteiger partial charge in [0.25, 0.3) is 0 Å². The number of carbonyl (C=O) groups excluding carboxylic acids is 1. The minimum absolute atomic E-state index is 0.0452. The van der Waals surface area contributed by atoms with E-state index in [1.54, 1.807) is 0 Å². The summed E-state index contributed by atoms with van der Waals surface area (Å²) < 4.78 is 0. The van der Waals surface area contributed by atoms with Crippen LogP contribution in [0.3, 0.4) is 0 Å². The number of fused-ring (bicyclic) bond motifs is 3. The van der Waals surface area contributed by atoms with Gasteiger partial charge in [-0.05, 0) is 5.56 Å². The number of hydrogen-bond acceptors (Lipinski definition) is 2. The molecular weight excluding hydrogens is 287 g/mol. The second-order valence-corrected chi connectivity index (χ2v) is 5.63. The number of carbonyl (C=O) groups is 1. The minimum atomic E-state index is -0.0584. The van der Waals surface area contributed by atoms with Crippen molar-refractivity contribution in [3.05, 3.63) is 27.4 Å². The Labute approximate surface area is 119 Å². The fourth-order valence-electron chi connectivity index (χ4n) is 2.58. The van der Waals surface area contributed by atoms with Gasteiger partial charge in [-0.1, -0.05) is 30.1 Å². The molecule has 100 valence electrons. The number of halogens is 2. The number of benzene rings is 1. The summed E-state index contributed by atoms with van der Waals surface area (Å²) in [6.45, 7) is 2.57. The summed E-state index contributed by atoms with van der Waals surface area (Å²) >= 11 is 12.1. The molecule has 4 nitrogen and oxygen atoms in total. The largest absolute Gasteiger partial charge is 0.507 e. The zero-order chi connectivity index (χ0) is 13.7. The number of rotatable bonds is 0. The van der Waals surface area contributed by atoms with Crippen molar-refractivity contribution in [3.8, 4) is 5.75 Å². The number of phenols is 1. The van der Waals surface area contributed by atoms with Crippen LogP contribution in [0.1, 0.15) is 24.1 Å². The van der Waals surface area contributed by atoms with Crippen molar-refractivity contribution in [1.82, 2.24) is 10.3 Å². The van der Waals surface area contributed by atoms with E-state index >= 15 is 0 Å². The molecule has 0 saturated heterocycles. The third-order valence-electron chi connectivity index (χ3n) is 3.52. The molecule has 1 aliphatic heterocycles. The first-order valence-electron chi connectivity index (χ1n) is 5.97. The number of aromatic nitrogens is 1. The molecule has 1 aromatic heterocycles. The van der Waals surface area contributed by atoms with Gasteiger partial charge in [0.05, 0.1) is 22.0 Å². The van der Waals surface area contributed by atoms with Gasteiger partial charge in [0, 0.05) is 29.6 Å². The van der Waals surface area contributed by atoms with Gasteiger partial charge in [-0.25, -0.2) is 0 Å². The fraction of sp³-hybridized carbons (Fsp3) is 0.308. The maximum absolute atomic E-state index is 11.7. The third kappa shape index (κ3) is 1.86. The summed E-state index contributed by atoms with van der Waals surface area (Å²) in [7, 11) is 0. The van der Waals surface area contributed by atoms with Crippen LogP contribution < -0.4 is 5.32 Å². The first-order valence-corrected chi connectivity index (χ1v) is 6.72. The zero-order valence-corrected chi connectivity index (χ0v) is 11.7. The third-order valence-corrected chi connectivity index (χ3v) is 4.31. The molecule has 1 atom stereocenters. The molecule has 0 spiro atoms. The maximum Gasteiger partial charge on any atom is 0.224 e. The molecule has 6 heteroatoms. The van der Waals surface area contributed by atoms with E-state index in [-0.39, 0.29) is 24.0 Å². The van der Waals surface area contributed by atoms with E-state index in [1.807, 2.05) is 6.92 Å². The van der Waals surface area contributed by atoms with Gasteiger partial charge in [0.15, 0.2) is 0 Å². The van der Waals surface area contributed by atoms with E-state index in [0.29, 0.717) is 27.5 Å². The lowest BCUT2D eigenvalue weighted by Gasteiger charge is -2.07. The molecule has 2 aromatic rings. The molecule has 1 aromatic carbocycles. The first-order chi connectivity index (χ1) is 8.99. The molecule has 0 saturated carbocycles. The van der Waals surface area contributed by atoms with Crippen LogP contribution in [0, 0.1) is 0 Å². The number of amides is 1. The van der Waals surface area contributed by atoms with Crippen LogP contribution in [-0.2, 0) is 11.2 Å². The lowest BCUT2D eigenvalue weighted by molar-refractivity contribution is -0.120. The van der Waals surface area contributed by atoms with Gasteiger partial charge >= 0.3 is 0 Å². The highest BCUT2D eigenvalue weighted by atomic mass is 35.5. The molecule has 0 bridgehead atoms. The van der Waals surface area contributed by atoms with Gasteiger partial charge < -0.3 is 15.4 Å². The number of phenolic OH excluding ortho intramolecular Hbond substituents is 1. The number of aromatic amines is 1. The summed E-state index contributed by atoms with van der Waals surface area (Å²) in [5, 5.41) is 14.2. The SMILES string of the molecule is CC1CNC(=O)Cc2c1[nH]c1c(Cl)c(Cl)cc(O)c21. The summed E-state index contributed by atoms with van der Waals surface area (Å²) in [6.07, 6.45) is 0.227. The van der Waals surface area contributed by atoms with Gasteiger partial charge in [0.2, 0.25) is 5.91 Å². The molecule has 1 unspecified atom stereocenters. The molecule has 0 aliphatic carbocycles. The lowest BCUT2D eigenvalue weighted by Crippen LogP contribution is -2.25. The standard InChI is InChI=1S/C13H12Cl2N2O2/c1-5-4-16-9(19)2-6-10-8(18)3-7(14)11(15)13(10)17-12(5)6/h3,5,17-18H,2,4H2,1H3,(H,16,19). The van der Waals surface area contributed by atoms with Crippen molar-refractivity contribution in [3.63, 3.8) is 0 Å². The van der Waals surface area contributed by atoms with Crippen molar-refractivity contribution >= 4 is 40.0 Å². The van der Waals surface area contributed by atoms with Crippen molar-refractivity contribution in [1.29, 1.82) is 0 Å². The molecular formula is C13H12Cl2N2O2. The van der Waals surface area contributed by atoms with Gasteiger partial charge in [-0.15, -0.1) is 0 Å². The van der Waals surface area contributed by atoms with Crippen molar-refractivity contribution in [2.24, 2.45) is 0 Å². The molecule has 2 heterocycles. The predicted octanol–water partition coefficient (Wildman–Crippen LogP) is 2.96. The Morgan fingerprint density at radius 2 is 2.16 bits per heavy atom. The molecule has 3 rings (SSSR count). The number of H-pyrrole nitrogens is 1. The summed E-state index contributed by atoms with van der Waals surface area (Å²) in [5.41, 5.74) is 2.32. The lowest BCUT2D eigenvalue weighted by atomic mass is 10.0. The second kappa shape index (κ2) is 4.32. The van der Waals surface area contributed by atoms with Crippen LogP contribution in [-0.4, -0.2) is 22.5 Å². The predicted molar refractivity (Wildman–Crippen MR) is 75.1 cm³/mol. The van der Waals surface area contributed by atoms with Gasteiger partial charge in [-0.2, -0.15) is 0 Å². The van der Waals surface area contributed by atoms with Gasteiger partial charge in [0.1, 0.15) is 5.75 Å².